The van der Waals surface area contributed by atoms with Gasteiger partial charge in [0.25, 0.3) is 11.1 Å². The Morgan fingerprint density at radius 2 is 2.11 bits per heavy atom. The maximum absolute atomic E-state index is 13.0. The number of carbonyl (C=O) groups is 1. The first-order valence-corrected chi connectivity index (χ1v) is 13.4. The second kappa shape index (κ2) is 11.5. The van der Waals surface area contributed by atoms with Crippen LogP contribution < -0.4 is 10.7 Å². The van der Waals surface area contributed by atoms with E-state index in [-0.39, 0.29) is 5.91 Å². The molecule has 0 saturated carbocycles. The van der Waals surface area contributed by atoms with E-state index in [4.69, 9.17) is 15.8 Å². The zero-order valence-electron chi connectivity index (χ0n) is 21.4. The van der Waals surface area contributed by atoms with Gasteiger partial charge in [0.05, 0.1) is 27.6 Å². The van der Waals surface area contributed by atoms with Crippen molar-refractivity contribution in [2.45, 2.75) is 19.8 Å². The highest BCUT2D eigenvalue weighted by molar-refractivity contribution is 9.10. The first-order chi connectivity index (χ1) is 17.8. The van der Waals surface area contributed by atoms with Gasteiger partial charge in [-0.05, 0) is 74.7 Å². The number of hydrogen-bond donors (Lipinski definition) is 1. The fraction of sp³-hybridized carbons (Fsp3) is 0.308. The molecule has 1 amide bonds. The van der Waals surface area contributed by atoms with Gasteiger partial charge < -0.3 is 14.6 Å². The Balaban J connectivity index is 1.83. The molecule has 3 aromatic rings. The topological polar surface area (TPSA) is 102 Å². The monoisotopic (exact) mass is 583 g/mol. The summed E-state index contributed by atoms with van der Waals surface area (Å²) in [6, 6.07) is 5.59. The van der Waals surface area contributed by atoms with Gasteiger partial charge >= 0.3 is 0 Å². The Bertz CT molecular complexity index is 1390. The standard InChI is InChI=1S/C26H30BrN7O2S/c1-6-7-17(15-29-2)22-18-9-10-20-24(37-26(30-20)36-28)23(18)34(31-22)21-11-8-16(14-19(21)27)25(35)33(5)13-12-32(3)4/h6-8,11,14-15H,2,9-10,12-13,28H2,1,3-5H3/b7-6-,17-15+. The highest BCUT2D eigenvalue weighted by atomic mass is 79.9. The molecule has 9 nitrogen and oxygen atoms in total. The molecular weight excluding hydrogens is 554 g/mol. The van der Waals surface area contributed by atoms with E-state index in [1.165, 1.54) is 11.3 Å². The predicted molar refractivity (Wildman–Crippen MR) is 152 cm³/mol. The van der Waals surface area contributed by atoms with E-state index in [9.17, 15) is 4.79 Å². The van der Waals surface area contributed by atoms with Crippen molar-refractivity contribution in [3.05, 3.63) is 63.5 Å². The van der Waals surface area contributed by atoms with Crippen LogP contribution in [0.3, 0.4) is 0 Å². The summed E-state index contributed by atoms with van der Waals surface area (Å²) in [6.45, 7) is 7.01. The molecule has 11 heteroatoms. The first-order valence-electron chi connectivity index (χ1n) is 11.8. The van der Waals surface area contributed by atoms with E-state index in [0.717, 1.165) is 62.6 Å². The van der Waals surface area contributed by atoms with Gasteiger partial charge in [0, 0.05) is 47.5 Å². The van der Waals surface area contributed by atoms with Crippen molar-refractivity contribution in [2.24, 2.45) is 10.9 Å². The summed E-state index contributed by atoms with van der Waals surface area (Å²) in [6.07, 6.45) is 7.14. The van der Waals surface area contributed by atoms with E-state index in [1.54, 1.807) is 11.1 Å². The fourth-order valence-corrected chi connectivity index (χ4v) is 5.75. The number of thiazole rings is 1. The van der Waals surface area contributed by atoms with E-state index < -0.39 is 0 Å². The summed E-state index contributed by atoms with van der Waals surface area (Å²) in [5.41, 5.74) is 6.03. The third-order valence-electron chi connectivity index (χ3n) is 6.09. The molecule has 1 aromatic carbocycles. The number of likely N-dealkylation sites (N-methyl/N-ethyl adjacent to an activating group) is 2. The lowest BCUT2D eigenvalue weighted by molar-refractivity contribution is 0.0786. The lowest BCUT2D eigenvalue weighted by Crippen LogP contribution is -2.33. The number of halogens is 1. The van der Waals surface area contributed by atoms with Crippen molar-refractivity contribution in [1.29, 1.82) is 0 Å². The van der Waals surface area contributed by atoms with Gasteiger partial charge in [-0.15, -0.1) is 0 Å². The van der Waals surface area contributed by atoms with Gasteiger partial charge in [-0.2, -0.15) is 11.0 Å². The molecule has 0 saturated heterocycles. The zero-order valence-corrected chi connectivity index (χ0v) is 23.8. The van der Waals surface area contributed by atoms with Crippen LogP contribution in [0.1, 0.15) is 34.2 Å². The Kier molecular flexibility index (Phi) is 8.38. The highest BCUT2D eigenvalue weighted by Gasteiger charge is 2.31. The molecule has 0 spiro atoms. The van der Waals surface area contributed by atoms with Crippen LogP contribution in [0.5, 0.6) is 5.19 Å². The molecule has 1 aliphatic rings. The minimum atomic E-state index is -0.0397. The van der Waals surface area contributed by atoms with Crippen LogP contribution in [0.15, 0.2) is 46.0 Å². The minimum absolute atomic E-state index is 0.0397. The van der Waals surface area contributed by atoms with Crippen molar-refractivity contribution >= 4 is 45.5 Å². The molecule has 194 valence electrons. The van der Waals surface area contributed by atoms with Gasteiger partial charge in [-0.3, -0.25) is 9.79 Å². The van der Waals surface area contributed by atoms with Crippen LogP contribution in [0.25, 0.3) is 21.8 Å². The summed E-state index contributed by atoms with van der Waals surface area (Å²) < 4.78 is 2.65. The fourth-order valence-electron chi connectivity index (χ4n) is 4.25. The van der Waals surface area contributed by atoms with Crippen molar-refractivity contribution in [3.63, 3.8) is 0 Å². The molecule has 37 heavy (non-hydrogen) atoms. The number of carbonyl (C=O) groups excluding carboxylic acids is 1. The van der Waals surface area contributed by atoms with Crippen LogP contribution in [-0.2, 0) is 12.8 Å². The lowest BCUT2D eigenvalue weighted by atomic mass is 9.95. The third-order valence-corrected chi connectivity index (χ3v) is 7.72. The largest absolute Gasteiger partial charge is 0.380 e. The summed E-state index contributed by atoms with van der Waals surface area (Å²) >= 11 is 5.10. The first kappa shape index (κ1) is 26.9. The molecule has 0 aliphatic heterocycles. The van der Waals surface area contributed by atoms with Crippen LogP contribution in [0.4, 0.5) is 0 Å². The van der Waals surface area contributed by atoms with Crippen LogP contribution in [-0.4, -0.2) is 71.4 Å². The Morgan fingerprint density at radius 1 is 1.32 bits per heavy atom. The number of hydrogen-bond acceptors (Lipinski definition) is 8. The molecule has 0 unspecified atom stereocenters. The molecule has 1 aliphatic carbocycles. The number of amides is 1. The molecule has 0 atom stereocenters. The quantitative estimate of drug-likeness (QED) is 0.228. The number of fused-ring (bicyclic) bond motifs is 3. The zero-order chi connectivity index (χ0) is 26.7. The van der Waals surface area contributed by atoms with Gasteiger partial charge in [0.1, 0.15) is 0 Å². The third kappa shape index (κ3) is 5.45. The van der Waals surface area contributed by atoms with E-state index in [0.29, 0.717) is 17.3 Å². The van der Waals surface area contributed by atoms with Gasteiger partial charge in [-0.25, -0.2) is 9.67 Å². The Labute approximate surface area is 229 Å². The molecule has 4 rings (SSSR count). The van der Waals surface area contributed by atoms with E-state index >= 15 is 0 Å². The summed E-state index contributed by atoms with van der Waals surface area (Å²) in [4.78, 5) is 31.3. The van der Waals surface area contributed by atoms with Crippen molar-refractivity contribution in [3.8, 4) is 21.5 Å². The number of nitrogens with zero attached hydrogens (tertiary/aromatic N) is 6. The van der Waals surface area contributed by atoms with E-state index in [2.05, 4.69) is 32.6 Å². The SMILES string of the molecule is C=N/C=C(\C=C/C)c1nn(-c2ccc(C(=O)N(C)CCN(C)C)cc2Br)c2c1CCc1nc(ON)sc1-2. The van der Waals surface area contributed by atoms with Gasteiger partial charge in [0.2, 0.25) is 0 Å². The van der Waals surface area contributed by atoms with Gasteiger partial charge in [0.15, 0.2) is 0 Å². The highest BCUT2D eigenvalue weighted by Crippen LogP contribution is 2.44. The number of rotatable bonds is 9. The summed E-state index contributed by atoms with van der Waals surface area (Å²) in [5, 5.41) is 5.45. The van der Waals surface area contributed by atoms with Crippen molar-refractivity contribution in [2.75, 3.05) is 34.2 Å². The van der Waals surface area contributed by atoms with Crippen molar-refractivity contribution < 1.29 is 9.63 Å². The van der Waals surface area contributed by atoms with Crippen LogP contribution in [0, 0.1) is 0 Å². The molecule has 2 N–H and O–H groups in total. The number of aromatic nitrogens is 3. The normalized spacial score (nSPS) is 13.1. The van der Waals surface area contributed by atoms with Crippen molar-refractivity contribution in [1.82, 2.24) is 24.6 Å². The average Bonchev–Trinajstić information content (AvgIpc) is 3.48. The Hall–Kier alpha value is -3.12. The van der Waals surface area contributed by atoms with Crippen LogP contribution in [0.2, 0.25) is 0 Å². The number of benzene rings is 1. The minimum Gasteiger partial charge on any atom is -0.380 e. The number of aliphatic imine (C=N–C) groups is 1. The number of nitrogens with two attached hydrogens (primary N) is 1. The van der Waals surface area contributed by atoms with E-state index in [1.807, 2.05) is 68.0 Å². The van der Waals surface area contributed by atoms with Gasteiger partial charge in [-0.1, -0.05) is 23.5 Å². The lowest BCUT2D eigenvalue weighted by Gasteiger charge is -2.20. The molecule has 0 bridgehead atoms. The number of allylic oxidation sites excluding steroid dienone is 3. The van der Waals surface area contributed by atoms with Crippen LogP contribution >= 0.6 is 27.3 Å². The summed E-state index contributed by atoms with van der Waals surface area (Å²) in [5.74, 6) is 5.40. The summed E-state index contributed by atoms with van der Waals surface area (Å²) in [7, 11) is 5.79. The maximum atomic E-state index is 13.0. The number of aryl methyl sites for hydroxylation is 1. The molecule has 0 radical (unpaired) electrons. The maximum Gasteiger partial charge on any atom is 0.294 e. The second-order valence-electron chi connectivity index (χ2n) is 8.92. The molecule has 2 aromatic heterocycles. The molecular formula is C26H30BrN7O2S. The average molecular weight is 585 g/mol. The predicted octanol–water partition coefficient (Wildman–Crippen LogP) is 4.36. The molecule has 2 heterocycles. The second-order valence-corrected chi connectivity index (χ2v) is 10.7. The molecule has 0 fully saturated rings. The smallest absolute Gasteiger partial charge is 0.294 e. The Morgan fingerprint density at radius 3 is 2.76 bits per heavy atom.